The van der Waals surface area contributed by atoms with E-state index in [0.29, 0.717) is 5.75 Å². The number of aromatic amines is 1. The Morgan fingerprint density at radius 3 is 2.75 bits per heavy atom. The molecule has 1 unspecified atom stereocenters. The van der Waals surface area contributed by atoms with E-state index in [1.807, 2.05) is 35.2 Å². The number of fused-ring (bicyclic) bond motifs is 1. The van der Waals surface area contributed by atoms with Crippen LogP contribution in [-0.2, 0) is 11.3 Å². The minimum absolute atomic E-state index is 0.154. The van der Waals surface area contributed by atoms with Crippen LogP contribution in [0.4, 0.5) is 0 Å². The third-order valence-electron chi connectivity index (χ3n) is 4.98. The van der Waals surface area contributed by atoms with Crippen molar-refractivity contribution in [3.05, 3.63) is 51.4 Å². The summed E-state index contributed by atoms with van der Waals surface area (Å²) in [6.07, 6.45) is 0. The number of para-hydroxylation sites is 2. The standard InChI is InChI=1S/C20H23ClN4OS2/c1-14(20-22-16-4-2-3-5-17(16)23-20)27-13-19(26)25-10-8-24(9-11-25)12-15-6-7-18(21)28-15/h2-7,14H,8-13H2,1H3,(H,22,23). The minimum Gasteiger partial charge on any atom is -0.341 e. The van der Waals surface area contributed by atoms with Crippen molar-refractivity contribution in [2.24, 2.45) is 0 Å². The molecule has 28 heavy (non-hydrogen) atoms. The van der Waals surface area contributed by atoms with Gasteiger partial charge >= 0.3 is 0 Å². The summed E-state index contributed by atoms with van der Waals surface area (Å²) in [5, 5.41) is 0.154. The van der Waals surface area contributed by atoms with Crippen molar-refractivity contribution in [1.29, 1.82) is 0 Å². The monoisotopic (exact) mass is 434 g/mol. The zero-order valence-electron chi connectivity index (χ0n) is 15.7. The second kappa shape index (κ2) is 8.86. The molecule has 8 heteroatoms. The Kier molecular flexibility index (Phi) is 6.25. The Hall–Kier alpha value is -1.54. The summed E-state index contributed by atoms with van der Waals surface area (Å²) in [5.41, 5.74) is 2.01. The molecule has 1 aliphatic heterocycles. The Morgan fingerprint density at radius 1 is 1.25 bits per heavy atom. The number of thioether (sulfide) groups is 1. The molecule has 1 amide bonds. The van der Waals surface area contributed by atoms with Gasteiger partial charge in [0.1, 0.15) is 5.82 Å². The van der Waals surface area contributed by atoms with Crippen LogP contribution >= 0.6 is 34.7 Å². The number of H-pyrrole nitrogens is 1. The van der Waals surface area contributed by atoms with Gasteiger partial charge in [-0.3, -0.25) is 9.69 Å². The number of benzene rings is 1. The van der Waals surface area contributed by atoms with Gasteiger partial charge in [-0.2, -0.15) is 0 Å². The molecule has 5 nitrogen and oxygen atoms in total. The lowest BCUT2D eigenvalue weighted by atomic mass is 10.3. The highest BCUT2D eigenvalue weighted by Crippen LogP contribution is 2.28. The molecular weight excluding hydrogens is 412 g/mol. The predicted octanol–water partition coefficient (Wildman–Crippen LogP) is 4.42. The van der Waals surface area contributed by atoms with Crippen LogP contribution in [0, 0.1) is 0 Å². The van der Waals surface area contributed by atoms with Crippen molar-refractivity contribution in [2.45, 2.75) is 18.7 Å². The van der Waals surface area contributed by atoms with Crippen LogP contribution in [0.15, 0.2) is 36.4 Å². The SMILES string of the molecule is CC(SCC(=O)N1CCN(Cc2ccc(Cl)s2)CC1)c1nc2ccccc2[nH]1. The van der Waals surface area contributed by atoms with Crippen LogP contribution in [0.1, 0.15) is 22.9 Å². The summed E-state index contributed by atoms with van der Waals surface area (Å²) in [5.74, 6) is 1.63. The number of hydrogen-bond donors (Lipinski definition) is 1. The number of carbonyl (C=O) groups excluding carboxylic acids is 1. The Morgan fingerprint density at radius 2 is 2.04 bits per heavy atom. The second-order valence-electron chi connectivity index (χ2n) is 6.96. The molecule has 1 saturated heterocycles. The first kappa shape index (κ1) is 19.8. The summed E-state index contributed by atoms with van der Waals surface area (Å²) in [7, 11) is 0. The Balaban J connectivity index is 1.24. The fourth-order valence-corrected chi connectivity index (χ4v) is 5.32. The number of thiophene rings is 1. The molecule has 148 valence electrons. The van der Waals surface area contributed by atoms with E-state index >= 15 is 0 Å². The molecule has 3 aromatic rings. The number of hydrogen-bond acceptors (Lipinski definition) is 5. The van der Waals surface area contributed by atoms with Crippen molar-refractivity contribution in [2.75, 3.05) is 31.9 Å². The lowest BCUT2D eigenvalue weighted by molar-refractivity contribution is -0.130. The largest absolute Gasteiger partial charge is 0.341 e. The van der Waals surface area contributed by atoms with Crippen molar-refractivity contribution >= 4 is 51.6 Å². The van der Waals surface area contributed by atoms with Crippen molar-refractivity contribution in [3.8, 4) is 0 Å². The fraction of sp³-hybridized carbons (Fsp3) is 0.400. The average Bonchev–Trinajstić information content (AvgIpc) is 3.32. The highest BCUT2D eigenvalue weighted by molar-refractivity contribution is 8.00. The zero-order valence-corrected chi connectivity index (χ0v) is 18.1. The molecule has 0 spiro atoms. The molecule has 1 atom stereocenters. The summed E-state index contributed by atoms with van der Waals surface area (Å²) in [6, 6.07) is 12.0. The Labute approximate surface area is 178 Å². The average molecular weight is 435 g/mol. The molecule has 0 radical (unpaired) electrons. The van der Waals surface area contributed by atoms with Gasteiger partial charge < -0.3 is 9.88 Å². The predicted molar refractivity (Wildman–Crippen MR) is 118 cm³/mol. The quantitative estimate of drug-likeness (QED) is 0.624. The summed E-state index contributed by atoms with van der Waals surface area (Å²) >= 11 is 9.28. The van der Waals surface area contributed by atoms with E-state index in [4.69, 9.17) is 11.6 Å². The number of piperazine rings is 1. The number of imidazole rings is 1. The van der Waals surface area contributed by atoms with Crippen LogP contribution < -0.4 is 0 Å². The first-order valence-electron chi connectivity index (χ1n) is 9.39. The maximum absolute atomic E-state index is 12.6. The summed E-state index contributed by atoms with van der Waals surface area (Å²) in [4.78, 5) is 26.3. The van der Waals surface area contributed by atoms with Crippen LogP contribution in [0.2, 0.25) is 4.34 Å². The maximum atomic E-state index is 12.6. The molecule has 4 rings (SSSR count). The van der Waals surface area contributed by atoms with Crippen LogP contribution in [0.25, 0.3) is 11.0 Å². The summed E-state index contributed by atoms with van der Waals surface area (Å²) < 4.78 is 0.833. The number of amides is 1. The first-order valence-corrected chi connectivity index (χ1v) is 11.6. The maximum Gasteiger partial charge on any atom is 0.232 e. The van der Waals surface area contributed by atoms with Gasteiger partial charge in [-0.1, -0.05) is 23.7 Å². The third-order valence-corrected chi connectivity index (χ3v) is 7.34. The molecule has 1 aliphatic rings. The van der Waals surface area contributed by atoms with Crippen LogP contribution in [-0.4, -0.2) is 57.6 Å². The summed E-state index contributed by atoms with van der Waals surface area (Å²) in [6.45, 7) is 6.40. The number of nitrogens with one attached hydrogen (secondary N) is 1. The minimum atomic E-state index is 0.154. The number of carbonyl (C=O) groups is 1. The van der Waals surface area contributed by atoms with E-state index in [-0.39, 0.29) is 11.2 Å². The highest BCUT2D eigenvalue weighted by atomic mass is 35.5. The van der Waals surface area contributed by atoms with Crippen molar-refractivity contribution in [1.82, 2.24) is 19.8 Å². The van der Waals surface area contributed by atoms with Gasteiger partial charge in [0.2, 0.25) is 5.91 Å². The molecule has 1 aromatic carbocycles. The molecule has 0 aliphatic carbocycles. The molecule has 0 saturated carbocycles. The number of nitrogens with zero attached hydrogens (tertiary/aromatic N) is 3. The lowest BCUT2D eigenvalue weighted by Crippen LogP contribution is -2.48. The fourth-order valence-electron chi connectivity index (χ4n) is 3.34. The number of aromatic nitrogens is 2. The zero-order chi connectivity index (χ0) is 19.5. The Bertz CT molecular complexity index is 915. The van der Waals surface area contributed by atoms with Gasteiger partial charge in [0, 0.05) is 37.6 Å². The van der Waals surface area contributed by atoms with Gasteiger partial charge in [-0.15, -0.1) is 23.1 Å². The van der Waals surface area contributed by atoms with E-state index in [9.17, 15) is 4.79 Å². The van der Waals surface area contributed by atoms with Crippen LogP contribution in [0.5, 0.6) is 0 Å². The van der Waals surface area contributed by atoms with Gasteiger partial charge in [0.05, 0.1) is 26.4 Å². The number of rotatable bonds is 6. The molecule has 1 fully saturated rings. The van der Waals surface area contributed by atoms with E-state index in [0.717, 1.165) is 53.9 Å². The second-order valence-corrected chi connectivity index (χ2v) is 10.1. The van der Waals surface area contributed by atoms with Crippen molar-refractivity contribution < 1.29 is 4.79 Å². The van der Waals surface area contributed by atoms with E-state index in [1.54, 1.807) is 23.1 Å². The smallest absolute Gasteiger partial charge is 0.232 e. The van der Waals surface area contributed by atoms with Gasteiger partial charge in [0.15, 0.2) is 0 Å². The first-order chi connectivity index (χ1) is 13.6. The number of halogens is 1. The van der Waals surface area contributed by atoms with Crippen LogP contribution in [0.3, 0.4) is 0 Å². The van der Waals surface area contributed by atoms with Crippen molar-refractivity contribution in [3.63, 3.8) is 0 Å². The topological polar surface area (TPSA) is 52.2 Å². The molecule has 1 N–H and O–H groups in total. The van der Waals surface area contributed by atoms with E-state index in [2.05, 4.69) is 27.9 Å². The normalized spacial score (nSPS) is 16.6. The van der Waals surface area contributed by atoms with Gasteiger partial charge in [-0.25, -0.2) is 4.98 Å². The molecule has 2 aromatic heterocycles. The van der Waals surface area contributed by atoms with Gasteiger partial charge in [-0.05, 0) is 31.2 Å². The molecular formula is C20H23ClN4OS2. The van der Waals surface area contributed by atoms with Gasteiger partial charge in [0.25, 0.3) is 0 Å². The highest BCUT2D eigenvalue weighted by Gasteiger charge is 2.22. The van der Waals surface area contributed by atoms with E-state index in [1.165, 1.54) is 4.88 Å². The molecule has 3 heterocycles. The lowest BCUT2D eigenvalue weighted by Gasteiger charge is -2.34. The molecule has 0 bridgehead atoms. The third kappa shape index (κ3) is 4.71. The van der Waals surface area contributed by atoms with E-state index < -0.39 is 0 Å².